The first-order chi connectivity index (χ1) is 9.63. The topological polar surface area (TPSA) is 61.4 Å². The van der Waals surface area contributed by atoms with Gasteiger partial charge in [-0.05, 0) is 50.9 Å². The van der Waals surface area contributed by atoms with Gasteiger partial charge in [0.25, 0.3) is 0 Å². The van der Waals surface area contributed by atoms with E-state index in [-0.39, 0.29) is 18.2 Å². The highest BCUT2D eigenvalue weighted by molar-refractivity contribution is 5.74. The molecule has 2 rings (SSSR count). The highest BCUT2D eigenvalue weighted by atomic mass is 16.3. The molecule has 0 unspecified atom stereocenters. The second-order valence-electron chi connectivity index (χ2n) is 6.82. The van der Waals surface area contributed by atoms with Crippen molar-refractivity contribution in [1.82, 2.24) is 10.6 Å². The zero-order valence-electron chi connectivity index (χ0n) is 12.7. The molecule has 0 bridgehead atoms. The summed E-state index contributed by atoms with van der Waals surface area (Å²) in [5.74, 6) is 1.34. The van der Waals surface area contributed by atoms with E-state index in [1.54, 1.807) is 0 Å². The third kappa shape index (κ3) is 5.31. The summed E-state index contributed by atoms with van der Waals surface area (Å²) < 4.78 is 0. The summed E-state index contributed by atoms with van der Waals surface area (Å²) in [4.78, 5) is 11.8. The minimum absolute atomic E-state index is 0.0506. The second-order valence-corrected chi connectivity index (χ2v) is 6.82. The van der Waals surface area contributed by atoms with Crippen LogP contribution in [0.3, 0.4) is 0 Å². The predicted octanol–water partition coefficient (Wildman–Crippen LogP) is 2.81. The maximum Gasteiger partial charge on any atom is 0.315 e. The summed E-state index contributed by atoms with van der Waals surface area (Å²) >= 11 is 0. The van der Waals surface area contributed by atoms with Gasteiger partial charge in [-0.2, -0.15) is 0 Å². The molecular weight excluding hydrogens is 252 g/mol. The van der Waals surface area contributed by atoms with E-state index < -0.39 is 0 Å². The molecule has 2 fully saturated rings. The molecular formula is C16H30N2O2. The molecule has 20 heavy (non-hydrogen) atoms. The Labute approximate surface area is 122 Å². The Bertz CT molecular complexity index is 303. The van der Waals surface area contributed by atoms with Crippen LogP contribution in [0, 0.1) is 11.8 Å². The van der Waals surface area contributed by atoms with Gasteiger partial charge in [-0.1, -0.05) is 25.7 Å². The summed E-state index contributed by atoms with van der Waals surface area (Å²) in [6, 6.07) is 0.204. The average Bonchev–Trinajstić information content (AvgIpc) is 3.05. The summed E-state index contributed by atoms with van der Waals surface area (Å²) in [5, 5.41) is 15.4. The van der Waals surface area contributed by atoms with E-state index in [1.165, 1.54) is 32.1 Å². The fourth-order valence-electron chi connectivity index (χ4n) is 3.60. The molecule has 2 saturated carbocycles. The predicted molar refractivity (Wildman–Crippen MR) is 80.5 cm³/mol. The summed E-state index contributed by atoms with van der Waals surface area (Å²) in [6.07, 6.45) is 10.4. The van der Waals surface area contributed by atoms with Gasteiger partial charge in [0.2, 0.25) is 0 Å². The van der Waals surface area contributed by atoms with Crippen LogP contribution in [0.25, 0.3) is 0 Å². The van der Waals surface area contributed by atoms with Crippen LogP contribution in [0.15, 0.2) is 0 Å². The van der Waals surface area contributed by atoms with Crippen LogP contribution >= 0.6 is 0 Å². The number of amides is 2. The minimum atomic E-state index is -0.157. The van der Waals surface area contributed by atoms with Crippen molar-refractivity contribution in [1.29, 1.82) is 0 Å². The number of aliphatic hydroxyl groups excluding tert-OH is 1. The van der Waals surface area contributed by atoms with Crippen molar-refractivity contribution in [2.24, 2.45) is 11.8 Å². The van der Waals surface area contributed by atoms with Gasteiger partial charge in [-0.15, -0.1) is 0 Å². The summed E-state index contributed by atoms with van der Waals surface area (Å²) in [6.45, 7) is 2.78. The Balaban J connectivity index is 1.53. The zero-order chi connectivity index (χ0) is 14.4. The molecule has 0 aromatic heterocycles. The number of hydrogen-bond acceptors (Lipinski definition) is 2. The first-order valence-electron chi connectivity index (χ1n) is 8.36. The number of hydrogen-bond donors (Lipinski definition) is 3. The first kappa shape index (κ1) is 15.6. The number of aliphatic hydroxyl groups is 1. The van der Waals surface area contributed by atoms with Crippen LogP contribution in [-0.4, -0.2) is 29.8 Å². The van der Waals surface area contributed by atoms with Crippen LogP contribution < -0.4 is 10.6 Å². The van der Waals surface area contributed by atoms with Crippen molar-refractivity contribution in [3.63, 3.8) is 0 Å². The molecule has 0 heterocycles. The molecule has 3 atom stereocenters. The second kappa shape index (κ2) is 7.87. The lowest BCUT2D eigenvalue weighted by Gasteiger charge is -2.18. The maximum atomic E-state index is 11.8. The first-order valence-corrected chi connectivity index (χ1v) is 8.36. The van der Waals surface area contributed by atoms with Gasteiger partial charge >= 0.3 is 6.03 Å². The monoisotopic (exact) mass is 282 g/mol. The zero-order valence-corrected chi connectivity index (χ0v) is 12.7. The Morgan fingerprint density at radius 2 is 1.95 bits per heavy atom. The number of carbonyl (C=O) groups is 1. The van der Waals surface area contributed by atoms with E-state index in [1.807, 2.05) is 0 Å². The highest BCUT2D eigenvalue weighted by Crippen LogP contribution is 2.28. The number of nitrogens with one attached hydrogen (secondary N) is 2. The van der Waals surface area contributed by atoms with E-state index >= 15 is 0 Å². The lowest BCUT2D eigenvalue weighted by atomic mass is 9.99. The Morgan fingerprint density at radius 3 is 2.60 bits per heavy atom. The normalized spacial score (nSPS) is 28.5. The lowest BCUT2D eigenvalue weighted by molar-refractivity contribution is 0.177. The molecule has 0 aliphatic heterocycles. The Morgan fingerprint density at radius 1 is 1.20 bits per heavy atom. The Hall–Kier alpha value is -0.770. The number of rotatable bonds is 6. The molecule has 4 heteroatoms. The van der Waals surface area contributed by atoms with Crippen molar-refractivity contribution in [3.8, 4) is 0 Å². The summed E-state index contributed by atoms with van der Waals surface area (Å²) in [7, 11) is 0. The molecule has 2 aliphatic carbocycles. The van der Waals surface area contributed by atoms with Gasteiger partial charge in [-0.25, -0.2) is 4.79 Å². The third-order valence-corrected chi connectivity index (χ3v) is 4.93. The van der Waals surface area contributed by atoms with Crippen molar-refractivity contribution in [2.45, 2.75) is 76.9 Å². The fraction of sp³-hybridized carbons (Fsp3) is 0.938. The lowest BCUT2D eigenvalue weighted by Crippen LogP contribution is -2.42. The van der Waals surface area contributed by atoms with Gasteiger partial charge in [-0.3, -0.25) is 0 Å². The molecule has 0 aromatic carbocycles. The molecule has 0 aromatic rings. The van der Waals surface area contributed by atoms with E-state index in [0.29, 0.717) is 12.5 Å². The average molecular weight is 282 g/mol. The Kier molecular flexibility index (Phi) is 6.14. The van der Waals surface area contributed by atoms with Crippen molar-refractivity contribution in [3.05, 3.63) is 0 Å². The van der Waals surface area contributed by atoms with Crippen LogP contribution in [0.1, 0.15) is 64.7 Å². The van der Waals surface area contributed by atoms with Crippen LogP contribution in [0.4, 0.5) is 4.79 Å². The standard InChI is InChI=1S/C16H30N2O2/c1-12(6-7-13-4-2-3-5-13)18-16(20)17-11-14-8-9-15(19)10-14/h12-15,19H,2-11H2,1H3,(H2,17,18,20)/t12-,14-,15-/m1/s1. The smallest absolute Gasteiger partial charge is 0.315 e. The van der Waals surface area contributed by atoms with Gasteiger partial charge in [0, 0.05) is 12.6 Å². The minimum Gasteiger partial charge on any atom is -0.393 e. The van der Waals surface area contributed by atoms with Crippen molar-refractivity contribution in [2.75, 3.05) is 6.54 Å². The van der Waals surface area contributed by atoms with Gasteiger partial charge in [0.05, 0.1) is 6.10 Å². The summed E-state index contributed by atoms with van der Waals surface area (Å²) in [5.41, 5.74) is 0. The van der Waals surface area contributed by atoms with Crippen molar-refractivity contribution < 1.29 is 9.90 Å². The largest absolute Gasteiger partial charge is 0.393 e. The molecule has 0 saturated heterocycles. The molecule has 0 radical (unpaired) electrons. The SMILES string of the molecule is C[C@H](CCC1CCCC1)NC(=O)NC[C@@H]1CC[C@@H](O)C1. The van der Waals surface area contributed by atoms with Gasteiger partial charge in [0.15, 0.2) is 0 Å². The molecule has 2 aliphatic rings. The fourth-order valence-corrected chi connectivity index (χ4v) is 3.60. The highest BCUT2D eigenvalue weighted by Gasteiger charge is 2.23. The molecule has 4 nitrogen and oxygen atoms in total. The number of urea groups is 1. The maximum absolute atomic E-state index is 11.8. The van der Waals surface area contributed by atoms with E-state index in [9.17, 15) is 9.90 Å². The quantitative estimate of drug-likeness (QED) is 0.701. The van der Waals surface area contributed by atoms with Gasteiger partial charge in [0.1, 0.15) is 0 Å². The molecule has 3 N–H and O–H groups in total. The van der Waals surface area contributed by atoms with E-state index in [0.717, 1.165) is 31.6 Å². The van der Waals surface area contributed by atoms with Crippen LogP contribution in [-0.2, 0) is 0 Å². The molecule has 116 valence electrons. The van der Waals surface area contributed by atoms with Crippen molar-refractivity contribution >= 4 is 6.03 Å². The number of carbonyl (C=O) groups excluding carboxylic acids is 1. The molecule has 0 spiro atoms. The van der Waals surface area contributed by atoms with Crippen LogP contribution in [0.5, 0.6) is 0 Å². The van der Waals surface area contributed by atoms with Gasteiger partial charge < -0.3 is 15.7 Å². The third-order valence-electron chi connectivity index (χ3n) is 4.93. The van der Waals surface area contributed by atoms with Crippen LogP contribution in [0.2, 0.25) is 0 Å². The van der Waals surface area contributed by atoms with E-state index in [4.69, 9.17) is 0 Å². The van der Waals surface area contributed by atoms with E-state index in [2.05, 4.69) is 17.6 Å². The molecule has 2 amide bonds.